The van der Waals surface area contributed by atoms with E-state index in [1.54, 1.807) is 7.11 Å². The number of methoxy groups -OCH3 is 1. The van der Waals surface area contributed by atoms with Gasteiger partial charge >= 0.3 is 0 Å². The van der Waals surface area contributed by atoms with Crippen LogP contribution in [0.2, 0.25) is 0 Å². The molecule has 1 aliphatic rings. The van der Waals surface area contributed by atoms with Gasteiger partial charge in [-0.2, -0.15) is 0 Å². The molecule has 88 valence electrons. The van der Waals surface area contributed by atoms with Gasteiger partial charge in [-0.15, -0.1) is 0 Å². The molecule has 3 atom stereocenters. The first-order valence-electron chi connectivity index (χ1n) is 5.62. The number of rotatable bonds is 4. The second kappa shape index (κ2) is 4.76. The molecule has 0 amide bonds. The molecular formula is C13H17BrO2. The quantitative estimate of drug-likeness (QED) is 0.921. The first-order valence-corrected chi connectivity index (χ1v) is 6.41. The van der Waals surface area contributed by atoms with E-state index in [0.717, 1.165) is 22.2 Å². The molecule has 3 heteroatoms. The molecule has 16 heavy (non-hydrogen) atoms. The van der Waals surface area contributed by atoms with Gasteiger partial charge in [0, 0.05) is 0 Å². The van der Waals surface area contributed by atoms with Crippen LogP contribution in [0.4, 0.5) is 0 Å². The molecule has 0 aromatic heterocycles. The zero-order valence-corrected chi connectivity index (χ0v) is 11.2. The molecule has 0 radical (unpaired) electrons. The monoisotopic (exact) mass is 284 g/mol. The lowest BCUT2D eigenvalue weighted by atomic mass is 10.0. The minimum Gasteiger partial charge on any atom is -0.496 e. The zero-order valence-electron chi connectivity index (χ0n) is 9.61. The van der Waals surface area contributed by atoms with Crippen molar-refractivity contribution in [2.75, 3.05) is 7.11 Å². The van der Waals surface area contributed by atoms with E-state index in [9.17, 15) is 5.11 Å². The Morgan fingerprint density at radius 1 is 1.56 bits per heavy atom. The molecule has 1 saturated carbocycles. The second-order valence-electron chi connectivity index (χ2n) is 4.62. The van der Waals surface area contributed by atoms with Gasteiger partial charge in [-0.25, -0.2) is 0 Å². The van der Waals surface area contributed by atoms with Gasteiger partial charge in [0.2, 0.25) is 0 Å². The van der Waals surface area contributed by atoms with Crippen LogP contribution >= 0.6 is 15.9 Å². The zero-order chi connectivity index (χ0) is 11.7. The summed E-state index contributed by atoms with van der Waals surface area (Å²) in [6, 6.07) is 5.97. The average molecular weight is 285 g/mol. The molecule has 2 rings (SSSR count). The summed E-state index contributed by atoms with van der Waals surface area (Å²) in [5.74, 6) is 2.02. The standard InChI is InChI=1S/C13H17BrO2/c1-8-5-10(8)12(15)7-9-3-4-13(16-2)11(14)6-9/h3-4,6,8,10,12,15H,5,7H2,1-2H3. The van der Waals surface area contributed by atoms with Crippen molar-refractivity contribution in [3.05, 3.63) is 28.2 Å². The average Bonchev–Trinajstić information content (AvgIpc) is 2.96. The number of aliphatic hydroxyl groups excluding tert-OH is 1. The largest absolute Gasteiger partial charge is 0.496 e. The maximum absolute atomic E-state index is 9.98. The number of hydrogen-bond donors (Lipinski definition) is 1. The van der Waals surface area contributed by atoms with Crippen LogP contribution in [-0.4, -0.2) is 18.3 Å². The first-order chi connectivity index (χ1) is 7.61. The maximum atomic E-state index is 9.98. The Hall–Kier alpha value is -0.540. The lowest BCUT2D eigenvalue weighted by Gasteiger charge is -2.11. The normalized spacial score (nSPS) is 25.2. The van der Waals surface area contributed by atoms with Crippen LogP contribution < -0.4 is 4.74 Å². The van der Waals surface area contributed by atoms with Crippen LogP contribution in [-0.2, 0) is 6.42 Å². The first kappa shape index (κ1) is 11.9. The lowest BCUT2D eigenvalue weighted by Crippen LogP contribution is -2.13. The Morgan fingerprint density at radius 2 is 2.25 bits per heavy atom. The van der Waals surface area contributed by atoms with Crippen molar-refractivity contribution in [1.29, 1.82) is 0 Å². The fraction of sp³-hybridized carbons (Fsp3) is 0.538. The summed E-state index contributed by atoms with van der Waals surface area (Å²) in [5.41, 5.74) is 1.15. The van der Waals surface area contributed by atoms with Gasteiger partial charge in [0.1, 0.15) is 5.75 Å². The molecule has 2 nitrogen and oxygen atoms in total. The summed E-state index contributed by atoms with van der Waals surface area (Å²) < 4.78 is 6.12. The molecule has 3 unspecified atom stereocenters. The number of hydrogen-bond acceptors (Lipinski definition) is 2. The minimum atomic E-state index is -0.199. The lowest BCUT2D eigenvalue weighted by molar-refractivity contribution is 0.146. The van der Waals surface area contributed by atoms with Gasteiger partial charge in [0.05, 0.1) is 17.7 Å². The van der Waals surface area contributed by atoms with E-state index in [0.29, 0.717) is 11.8 Å². The third-order valence-corrected chi connectivity index (χ3v) is 3.95. The van der Waals surface area contributed by atoms with Crippen molar-refractivity contribution in [3.63, 3.8) is 0 Å². The van der Waals surface area contributed by atoms with Crippen LogP contribution in [0.1, 0.15) is 18.9 Å². The molecule has 1 aromatic carbocycles. The molecule has 1 aliphatic carbocycles. The highest BCUT2D eigenvalue weighted by Gasteiger charge is 2.38. The number of aliphatic hydroxyl groups is 1. The summed E-state index contributed by atoms with van der Waals surface area (Å²) in [5, 5.41) is 9.98. The van der Waals surface area contributed by atoms with Crippen LogP contribution in [0.15, 0.2) is 22.7 Å². The fourth-order valence-electron chi connectivity index (χ4n) is 2.12. The Balaban J connectivity index is 2.01. The van der Waals surface area contributed by atoms with Crippen LogP contribution in [0.5, 0.6) is 5.75 Å². The van der Waals surface area contributed by atoms with Crippen LogP contribution in [0.25, 0.3) is 0 Å². The number of halogens is 1. The summed E-state index contributed by atoms with van der Waals surface area (Å²) in [6.45, 7) is 2.19. The number of benzene rings is 1. The highest BCUT2D eigenvalue weighted by Crippen LogP contribution is 2.41. The minimum absolute atomic E-state index is 0.199. The van der Waals surface area contributed by atoms with Gasteiger partial charge in [0.15, 0.2) is 0 Å². The predicted octanol–water partition coefficient (Wildman–Crippen LogP) is 3.02. The van der Waals surface area contributed by atoms with Crippen molar-refractivity contribution in [3.8, 4) is 5.75 Å². The fourth-order valence-corrected chi connectivity index (χ4v) is 2.70. The molecule has 1 fully saturated rings. The van der Waals surface area contributed by atoms with Gasteiger partial charge in [-0.05, 0) is 58.3 Å². The predicted molar refractivity (Wildman–Crippen MR) is 67.7 cm³/mol. The molecular weight excluding hydrogens is 268 g/mol. The molecule has 0 heterocycles. The Bertz CT molecular complexity index is 378. The van der Waals surface area contributed by atoms with Crippen molar-refractivity contribution >= 4 is 15.9 Å². The summed E-state index contributed by atoms with van der Waals surface area (Å²) in [6.07, 6.45) is 1.70. The smallest absolute Gasteiger partial charge is 0.133 e. The Kier molecular flexibility index (Phi) is 3.55. The molecule has 0 aliphatic heterocycles. The third kappa shape index (κ3) is 2.58. The summed E-state index contributed by atoms with van der Waals surface area (Å²) in [7, 11) is 1.65. The van der Waals surface area contributed by atoms with Crippen molar-refractivity contribution in [1.82, 2.24) is 0 Å². The molecule has 1 N–H and O–H groups in total. The summed E-state index contributed by atoms with van der Waals surface area (Å²) in [4.78, 5) is 0. The highest BCUT2D eigenvalue weighted by molar-refractivity contribution is 9.10. The molecule has 0 spiro atoms. The third-order valence-electron chi connectivity index (χ3n) is 3.33. The Morgan fingerprint density at radius 3 is 2.75 bits per heavy atom. The van der Waals surface area contributed by atoms with Gasteiger partial charge in [0.25, 0.3) is 0 Å². The second-order valence-corrected chi connectivity index (χ2v) is 5.47. The van der Waals surface area contributed by atoms with E-state index < -0.39 is 0 Å². The topological polar surface area (TPSA) is 29.5 Å². The van der Waals surface area contributed by atoms with E-state index in [-0.39, 0.29) is 6.10 Å². The van der Waals surface area contributed by atoms with E-state index in [1.165, 1.54) is 6.42 Å². The van der Waals surface area contributed by atoms with E-state index in [1.807, 2.05) is 18.2 Å². The maximum Gasteiger partial charge on any atom is 0.133 e. The van der Waals surface area contributed by atoms with Crippen molar-refractivity contribution < 1.29 is 9.84 Å². The van der Waals surface area contributed by atoms with Crippen LogP contribution in [0.3, 0.4) is 0 Å². The van der Waals surface area contributed by atoms with Gasteiger partial charge < -0.3 is 9.84 Å². The van der Waals surface area contributed by atoms with Crippen LogP contribution in [0, 0.1) is 11.8 Å². The summed E-state index contributed by atoms with van der Waals surface area (Å²) >= 11 is 3.46. The highest BCUT2D eigenvalue weighted by atomic mass is 79.9. The SMILES string of the molecule is COc1ccc(CC(O)C2CC2C)cc1Br. The Labute approximate surface area is 105 Å². The molecule has 0 saturated heterocycles. The van der Waals surface area contributed by atoms with Crippen molar-refractivity contribution in [2.45, 2.75) is 25.9 Å². The molecule has 0 bridgehead atoms. The van der Waals surface area contributed by atoms with Gasteiger partial charge in [-0.1, -0.05) is 13.0 Å². The van der Waals surface area contributed by atoms with Crippen molar-refractivity contribution in [2.24, 2.45) is 11.8 Å². The van der Waals surface area contributed by atoms with Gasteiger partial charge in [-0.3, -0.25) is 0 Å². The van der Waals surface area contributed by atoms with E-state index >= 15 is 0 Å². The molecule has 1 aromatic rings. The van der Waals surface area contributed by atoms with E-state index in [4.69, 9.17) is 4.74 Å². The number of ether oxygens (including phenoxy) is 1. The van der Waals surface area contributed by atoms with E-state index in [2.05, 4.69) is 22.9 Å².